The molecule has 0 aliphatic rings. The molecule has 0 aromatic heterocycles. The first-order valence-electron chi connectivity index (χ1n) is 4.76. The molecule has 15 heavy (non-hydrogen) atoms. The Bertz CT molecular complexity index is 303. The van der Waals surface area contributed by atoms with Crippen LogP contribution in [0.4, 0.5) is 0 Å². The molecule has 1 atom stereocenters. The van der Waals surface area contributed by atoms with Crippen molar-refractivity contribution in [1.82, 2.24) is 5.32 Å². The molecular formula is C11H14BrNO2. The lowest BCUT2D eigenvalue weighted by molar-refractivity contribution is -0.118. The molecule has 3 nitrogen and oxygen atoms in total. The minimum atomic E-state index is -0.0320. The molecule has 0 radical (unpaired) electrons. The van der Waals surface area contributed by atoms with Crippen LogP contribution in [0.1, 0.15) is 6.92 Å². The average Bonchev–Trinajstić information content (AvgIpc) is 2.27. The summed E-state index contributed by atoms with van der Waals surface area (Å²) in [5.74, 6) is 0.789. The maximum Gasteiger partial charge on any atom is 0.230 e. The van der Waals surface area contributed by atoms with E-state index in [1.165, 1.54) is 0 Å². The van der Waals surface area contributed by atoms with Gasteiger partial charge in [0.25, 0.3) is 0 Å². The topological polar surface area (TPSA) is 38.3 Å². The summed E-state index contributed by atoms with van der Waals surface area (Å²) in [4.78, 5) is 11.0. The highest BCUT2D eigenvalue weighted by Gasteiger charge is 2.05. The van der Waals surface area contributed by atoms with Crippen LogP contribution in [0.5, 0.6) is 5.75 Å². The normalized spacial score (nSPS) is 11.9. The monoisotopic (exact) mass is 271 g/mol. The molecule has 0 saturated heterocycles. The van der Waals surface area contributed by atoms with E-state index in [1.54, 1.807) is 0 Å². The number of halogens is 1. The van der Waals surface area contributed by atoms with Crippen molar-refractivity contribution in [3.8, 4) is 5.75 Å². The minimum Gasteiger partial charge on any atom is -0.489 e. The number of benzene rings is 1. The van der Waals surface area contributed by atoms with Crippen molar-refractivity contribution >= 4 is 21.8 Å². The van der Waals surface area contributed by atoms with Crippen molar-refractivity contribution in [2.24, 2.45) is 0 Å². The molecule has 4 heteroatoms. The maximum absolute atomic E-state index is 11.0. The fourth-order valence-corrected chi connectivity index (χ4v) is 1.28. The van der Waals surface area contributed by atoms with Crippen LogP contribution in [-0.4, -0.2) is 23.9 Å². The van der Waals surface area contributed by atoms with E-state index >= 15 is 0 Å². The van der Waals surface area contributed by atoms with Gasteiger partial charge in [-0.25, -0.2) is 0 Å². The highest BCUT2D eigenvalue weighted by atomic mass is 79.9. The Morgan fingerprint density at radius 1 is 1.47 bits per heavy atom. The van der Waals surface area contributed by atoms with Crippen molar-refractivity contribution in [2.45, 2.75) is 13.0 Å². The minimum absolute atomic E-state index is 0.0292. The van der Waals surface area contributed by atoms with Gasteiger partial charge in [0, 0.05) is 0 Å². The van der Waals surface area contributed by atoms with Crippen LogP contribution in [0.15, 0.2) is 30.3 Å². The lowest BCUT2D eigenvalue weighted by Gasteiger charge is -2.14. The second kappa shape index (κ2) is 6.45. The molecule has 1 rings (SSSR count). The first-order chi connectivity index (χ1) is 7.22. The predicted octanol–water partition coefficient (Wildman–Crippen LogP) is 1.97. The van der Waals surface area contributed by atoms with Crippen molar-refractivity contribution in [1.29, 1.82) is 0 Å². The van der Waals surface area contributed by atoms with E-state index in [-0.39, 0.29) is 12.0 Å². The van der Waals surface area contributed by atoms with Crippen LogP contribution >= 0.6 is 15.9 Å². The number of amides is 1. The van der Waals surface area contributed by atoms with Gasteiger partial charge in [-0.15, -0.1) is 0 Å². The number of ether oxygens (including phenoxy) is 1. The molecule has 0 heterocycles. The number of carbonyl (C=O) groups excluding carboxylic acids is 1. The van der Waals surface area contributed by atoms with Gasteiger partial charge in [-0.3, -0.25) is 4.79 Å². The SMILES string of the molecule is CC(CNC(=O)CBr)Oc1ccccc1. The number of hydrogen-bond donors (Lipinski definition) is 1. The Balaban J connectivity index is 2.30. The van der Waals surface area contributed by atoms with E-state index in [9.17, 15) is 4.79 Å². The number of carbonyl (C=O) groups is 1. The second-order valence-electron chi connectivity index (χ2n) is 3.18. The summed E-state index contributed by atoms with van der Waals surface area (Å²) < 4.78 is 5.58. The summed E-state index contributed by atoms with van der Waals surface area (Å²) in [6.45, 7) is 2.43. The fraction of sp³-hybridized carbons (Fsp3) is 0.364. The van der Waals surface area contributed by atoms with Crippen molar-refractivity contribution < 1.29 is 9.53 Å². The Kier molecular flexibility index (Phi) is 5.18. The Labute approximate surface area is 97.9 Å². The first kappa shape index (κ1) is 12.0. The molecule has 1 aromatic carbocycles. The van der Waals surface area contributed by atoms with E-state index in [2.05, 4.69) is 21.2 Å². The number of hydrogen-bond acceptors (Lipinski definition) is 2. The Morgan fingerprint density at radius 2 is 2.13 bits per heavy atom. The summed E-state index contributed by atoms with van der Waals surface area (Å²) in [6, 6.07) is 9.55. The van der Waals surface area contributed by atoms with Crippen LogP contribution in [0.3, 0.4) is 0 Å². The zero-order chi connectivity index (χ0) is 11.1. The Hall–Kier alpha value is -1.03. The standard InChI is InChI=1S/C11H14BrNO2/c1-9(8-13-11(14)7-12)15-10-5-3-2-4-6-10/h2-6,9H,7-8H2,1H3,(H,13,14). The molecule has 1 N–H and O–H groups in total. The average molecular weight is 272 g/mol. The van der Waals surface area contributed by atoms with Crippen LogP contribution in [-0.2, 0) is 4.79 Å². The van der Waals surface area contributed by atoms with Gasteiger partial charge in [0.1, 0.15) is 11.9 Å². The van der Waals surface area contributed by atoms with Gasteiger partial charge < -0.3 is 10.1 Å². The Morgan fingerprint density at radius 3 is 2.73 bits per heavy atom. The van der Waals surface area contributed by atoms with Gasteiger partial charge in [0.2, 0.25) is 5.91 Å². The number of rotatable bonds is 5. The molecular weight excluding hydrogens is 258 g/mol. The fourth-order valence-electron chi connectivity index (χ4n) is 1.08. The van der Waals surface area contributed by atoms with Crippen molar-refractivity contribution in [2.75, 3.05) is 11.9 Å². The smallest absolute Gasteiger partial charge is 0.230 e. The van der Waals surface area contributed by atoms with Gasteiger partial charge in [0.15, 0.2) is 0 Å². The molecule has 0 aliphatic carbocycles. The van der Waals surface area contributed by atoms with E-state index in [1.807, 2.05) is 37.3 Å². The zero-order valence-corrected chi connectivity index (χ0v) is 10.2. The van der Waals surface area contributed by atoms with Gasteiger partial charge in [-0.1, -0.05) is 34.1 Å². The van der Waals surface area contributed by atoms with Crippen LogP contribution < -0.4 is 10.1 Å². The van der Waals surface area contributed by atoms with Gasteiger partial charge >= 0.3 is 0 Å². The lowest BCUT2D eigenvalue weighted by Crippen LogP contribution is -2.34. The summed E-state index contributed by atoms with van der Waals surface area (Å²) in [5.41, 5.74) is 0. The molecule has 1 amide bonds. The third-order valence-corrected chi connectivity index (χ3v) is 2.30. The molecule has 82 valence electrons. The molecule has 1 aromatic rings. The van der Waals surface area contributed by atoms with Crippen molar-refractivity contribution in [3.63, 3.8) is 0 Å². The quantitative estimate of drug-likeness (QED) is 0.832. The van der Waals surface area contributed by atoms with E-state index in [4.69, 9.17) is 4.74 Å². The molecule has 0 spiro atoms. The van der Waals surface area contributed by atoms with Gasteiger partial charge in [-0.2, -0.15) is 0 Å². The van der Waals surface area contributed by atoms with Crippen LogP contribution in [0.2, 0.25) is 0 Å². The molecule has 0 bridgehead atoms. The van der Waals surface area contributed by atoms with Crippen LogP contribution in [0, 0.1) is 0 Å². The lowest BCUT2D eigenvalue weighted by atomic mass is 10.3. The highest BCUT2D eigenvalue weighted by molar-refractivity contribution is 9.09. The van der Waals surface area contributed by atoms with Gasteiger partial charge in [0.05, 0.1) is 11.9 Å². The summed E-state index contributed by atoms with van der Waals surface area (Å²) in [6.07, 6.45) is -0.0320. The number of nitrogens with one attached hydrogen (secondary N) is 1. The maximum atomic E-state index is 11.0. The van der Waals surface area contributed by atoms with E-state index in [0.717, 1.165) is 5.75 Å². The molecule has 0 saturated carbocycles. The largest absolute Gasteiger partial charge is 0.489 e. The number of alkyl halides is 1. The van der Waals surface area contributed by atoms with E-state index in [0.29, 0.717) is 11.9 Å². The molecule has 1 unspecified atom stereocenters. The first-order valence-corrected chi connectivity index (χ1v) is 5.89. The van der Waals surface area contributed by atoms with Crippen LogP contribution in [0.25, 0.3) is 0 Å². The molecule has 0 aliphatic heterocycles. The third-order valence-electron chi connectivity index (χ3n) is 1.79. The second-order valence-corrected chi connectivity index (χ2v) is 3.74. The summed E-state index contributed by atoms with van der Waals surface area (Å²) in [5, 5.41) is 3.07. The third kappa shape index (κ3) is 4.83. The number of para-hydroxylation sites is 1. The summed E-state index contributed by atoms with van der Waals surface area (Å²) >= 11 is 3.08. The van der Waals surface area contributed by atoms with E-state index < -0.39 is 0 Å². The zero-order valence-electron chi connectivity index (χ0n) is 8.57. The predicted molar refractivity (Wildman–Crippen MR) is 63.3 cm³/mol. The molecule has 0 fully saturated rings. The highest BCUT2D eigenvalue weighted by Crippen LogP contribution is 2.10. The van der Waals surface area contributed by atoms with Crippen molar-refractivity contribution in [3.05, 3.63) is 30.3 Å². The summed E-state index contributed by atoms with van der Waals surface area (Å²) in [7, 11) is 0. The van der Waals surface area contributed by atoms with Gasteiger partial charge in [-0.05, 0) is 19.1 Å².